The molecule has 0 bridgehead atoms. The fourth-order valence-corrected chi connectivity index (χ4v) is 4.29. The highest BCUT2D eigenvalue weighted by atomic mass is 32.1. The number of para-hydroxylation sites is 2. The Balaban J connectivity index is 1.68. The molecule has 0 aliphatic rings. The molecule has 0 fully saturated rings. The minimum atomic E-state index is -0.443. The second-order valence-corrected chi connectivity index (χ2v) is 8.40. The number of carbonyl (C=O) groups is 2. The molecular weight excluding hydrogens is 438 g/mol. The van der Waals surface area contributed by atoms with Gasteiger partial charge in [0.1, 0.15) is 10.6 Å². The maximum Gasteiger partial charge on any atom is 0.341 e. The number of anilines is 1. The largest absolute Gasteiger partial charge is 0.493 e. The summed E-state index contributed by atoms with van der Waals surface area (Å²) in [7, 11) is 1.59. The Hall–Kier alpha value is -3.32. The van der Waals surface area contributed by atoms with Gasteiger partial charge < -0.3 is 19.5 Å². The van der Waals surface area contributed by atoms with Crippen LogP contribution in [0.3, 0.4) is 0 Å². The first-order valence-corrected chi connectivity index (χ1v) is 11.7. The van der Waals surface area contributed by atoms with E-state index in [-0.39, 0.29) is 18.9 Å². The summed E-state index contributed by atoms with van der Waals surface area (Å²) >= 11 is 1.32. The molecule has 0 atom stereocenters. The molecule has 0 aliphatic carbocycles. The monoisotopic (exact) mass is 467 g/mol. The van der Waals surface area contributed by atoms with Crippen molar-refractivity contribution in [3.05, 3.63) is 64.5 Å². The number of benzene rings is 2. The number of hydrogen-bond donors (Lipinski definition) is 1. The standard InChI is InChI=1S/C26H29NO5S/c1-5-31-26(29)24-20(19-13-12-17(2)18(3)15-19)16-33-25(24)27-23(28)11-8-14-32-22-10-7-6-9-21(22)30-4/h6-7,9-10,12-13,15-16H,5,8,11,14H2,1-4H3,(H,27,28). The molecule has 33 heavy (non-hydrogen) atoms. The highest BCUT2D eigenvalue weighted by Crippen LogP contribution is 2.37. The fourth-order valence-electron chi connectivity index (χ4n) is 3.32. The smallest absolute Gasteiger partial charge is 0.341 e. The number of thiophene rings is 1. The fraction of sp³-hybridized carbons (Fsp3) is 0.308. The Morgan fingerprint density at radius 3 is 2.48 bits per heavy atom. The number of methoxy groups -OCH3 is 1. The molecule has 2 aromatic carbocycles. The molecule has 0 unspecified atom stereocenters. The summed E-state index contributed by atoms with van der Waals surface area (Å²) in [6, 6.07) is 13.4. The normalized spacial score (nSPS) is 10.5. The van der Waals surface area contributed by atoms with E-state index < -0.39 is 5.97 Å². The number of hydrogen-bond acceptors (Lipinski definition) is 6. The summed E-state index contributed by atoms with van der Waals surface area (Å²) in [5, 5.41) is 5.27. The Labute approximate surface area is 198 Å². The summed E-state index contributed by atoms with van der Waals surface area (Å²) in [5.74, 6) is 0.666. The third-order valence-corrected chi connectivity index (χ3v) is 6.11. The summed E-state index contributed by atoms with van der Waals surface area (Å²) in [4.78, 5) is 25.3. The van der Waals surface area contributed by atoms with E-state index in [0.29, 0.717) is 35.1 Å². The summed E-state index contributed by atoms with van der Waals surface area (Å²) in [6.07, 6.45) is 0.780. The van der Waals surface area contributed by atoms with Gasteiger partial charge in [-0.2, -0.15) is 0 Å². The second-order valence-electron chi connectivity index (χ2n) is 7.52. The van der Waals surface area contributed by atoms with Crippen molar-refractivity contribution in [1.82, 2.24) is 0 Å². The van der Waals surface area contributed by atoms with Gasteiger partial charge in [0, 0.05) is 17.4 Å². The third kappa shape index (κ3) is 6.14. The van der Waals surface area contributed by atoms with Crippen molar-refractivity contribution in [3.8, 4) is 22.6 Å². The van der Waals surface area contributed by atoms with Gasteiger partial charge >= 0.3 is 5.97 Å². The van der Waals surface area contributed by atoms with E-state index in [4.69, 9.17) is 14.2 Å². The highest BCUT2D eigenvalue weighted by Gasteiger charge is 2.23. The Kier molecular flexibility index (Phi) is 8.49. The van der Waals surface area contributed by atoms with Crippen molar-refractivity contribution >= 4 is 28.2 Å². The molecule has 1 heterocycles. The van der Waals surface area contributed by atoms with Gasteiger partial charge in [0.2, 0.25) is 5.91 Å². The van der Waals surface area contributed by atoms with Crippen LogP contribution in [-0.4, -0.2) is 32.2 Å². The zero-order valence-electron chi connectivity index (χ0n) is 19.4. The molecule has 7 heteroatoms. The van der Waals surface area contributed by atoms with Crippen LogP contribution in [0.5, 0.6) is 11.5 Å². The van der Waals surface area contributed by atoms with Gasteiger partial charge in [0.25, 0.3) is 0 Å². The van der Waals surface area contributed by atoms with Crippen LogP contribution < -0.4 is 14.8 Å². The van der Waals surface area contributed by atoms with Crippen molar-refractivity contribution in [1.29, 1.82) is 0 Å². The number of esters is 1. The first-order valence-electron chi connectivity index (χ1n) is 10.9. The number of amides is 1. The van der Waals surface area contributed by atoms with Crippen LogP contribution in [0.25, 0.3) is 11.1 Å². The number of carbonyl (C=O) groups excluding carboxylic acids is 2. The van der Waals surface area contributed by atoms with Gasteiger partial charge in [-0.3, -0.25) is 4.79 Å². The zero-order valence-corrected chi connectivity index (χ0v) is 20.2. The van der Waals surface area contributed by atoms with E-state index in [2.05, 4.69) is 5.32 Å². The summed E-state index contributed by atoms with van der Waals surface area (Å²) in [6.45, 7) is 6.47. The van der Waals surface area contributed by atoms with E-state index in [1.807, 2.05) is 61.7 Å². The number of aryl methyl sites for hydroxylation is 2. The first-order chi connectivity index (χ1) is 15.9. The van der Waals surface area contributed by atoms with Gasteiger partial charge in [0.15, 0.2) is 11.5 Å². The number of nitrogens with one attached hydrogen (secondary N) is 1. The van der Waals surface area contributed by atoms with Crippen molar-refractivity contribution in [2.75, 3.05) is 25.6 Å². The molecule has 1 aromatic heterocycles. The maximum absolute atomic E-state index is 12.7. The van der Waals surface area contributed by atoms with Crippen LogP contribution >= 0.6 is 11.3 Å². The average molecular weight is 468 g/mol. The van der Waals surface area contributed by atoms with Gasteiger partial charge in [-0.05, 0) is 56.0 Å². The zero-order chi connectivity index (χ0) is 23.8. The van der Waals surface area contributed by atoms with Crippen LogP contribution in [0.2, 0.25) is 0 Å². The molecule has 0 spiro atoms. The molecule has 3 rings (SSSR count). The topological polar surface area (TPSA) is 73.9 Å². The van der Waals surface area contributed by atoms with Gasteiger partial charge in [-0.1, -0.05) is 30.3 Å². The highest BCUT2D eigenvalue weighted by molar-refractivity contribution is 7.15. The van der Waals surface area contributed by atoms with Crippen LogP contribution in [-0.2, 0) is 9.53 Å². The lowest BCUT2D eigenvalue weighted by Gasteiger charge is -2.11. The average Bonchev–Trinajstić information content (AvgIpc) is 3.22. The van der Waals surface area contributed by atoms with Crippen LogP contribution in [0.1, 0.15) is 41.3 Å². The molecule has 174 valence electrons. The lowest BCUT2D eigenvalue weighted by Crippen LogP contribution is -2.15. The lowest BCUT2D eigenvalue weighted by atomic mass is 9.99. The predicted molar refractivity (Wildman–Crippen MR) is 132 cm³/mol. The van der Waals surface area contributed by atoms with Crippen molar-refractivity contribution < 1.29 is 23.8 Å². The van der Waals surface area contributed by atoms with Crippen molar-refractivity contribution in [3.63, 3.8) is 0 Å². The maximum atomic E-state index is 12.7. The van der Waals surface area contributed by atoms with Crippen LogP contribution in [0.15, 0.2) is 47.8 Å². The molecule has 1 amide bonds. The van der Waals surface area contributed by atoms with Crippen molar-refractivity contribution in [2.45, 2.75) is 33.6 Å². The molecular formula is C26H29NO5S. The summed E-state index contributed by atoms with van der Waals surface area (Å²) in [5.41, 5.74) is 4.38. The van der Waals surface area contributed by atoms with Crippen LogP contribution in [0, 0.1) is 13.8 Å². The van der Waals surface area contributed by atoms with Gasteiger partial charge in [-0.15, -0.1) is 11.3 Å². The molecule has 0 saturated carbocycles. The van der Waals surface area contributed by atoms with Gasteiger partial charge in [0.05, 0.1) is 20.3 Å². The lowest BCUT2D eigenvalue weighted by molar-refractivity contribution is -0.116. The SMILES string of the molecule is CCOC(=O)c1c(-c2ccc(C)c(C)c2)csc1NC(=O)CCCOc1ccccc1OC. The van der Waals surface area contributed by atoms with E-state index in [1.54, 1.807) is 14.0 Å². The third-order valence-electron chi connectivity index (χ3n) is 5.22. The van der Waals surface area contributed by atoms with Crippen molar-refractivity contribution in [2.24, 2.45) is 0 Å². The molecule has 6 nitrogen and oxygen atoms in total. The first kappa shape index (κ1) is 24.3. The summed E-state index contributed by atoms with van der Waals surface area (Å²) < 4.78 is 16.3. The van der Waals surface area contributed by atoms with Crippen LogP contribution in [0.4, 0.5) is 5.00 Å². The quantitative estimate of drug-likeness (QED) is 0.292. The molecule has 1 N–H and O–H groups in total. The molecule has 3 aromatic rings. The predicted octanol–water partition coefficient (Wildman–Crippen LogP) is 6.01. The second kappa shape index (κ2) is 11.5. The minimum absolute atomic E-state index is 0.183. The number of ether oxygens (including phenoxy) is 3. The Morgan fingerprint density at radius 2 is 1.79 bits per heavy atom. The Bertz CT molecular complexity index is 1120. The van der Waals surface area contributed by atoms with E-state index in [0.717, 1.165) is 16.7 Å². The molecule has 0 radical (unpaired) electrons. The van der Waals surface area contributed by atoms with E-state index in [1.165, 1.54) is 16.9 Å². The van der Waals surface area contributed by atoms with E-state index in [9.17, 15) is 9.59 Å². The van der Waals surface area contributed by atoms with E-state index >= 15 is 0 Å². The molecule has 0 aliphatic heterocycles. The number of rotatable bonds is 10. The minimum Gasteiger partial charge on any atom is -0.493 e. The Morgan fingerprint density at radius 1 is 1.03 bits per heavy atom. The van der Waals surface area contributed by atoms with Gasteiger partial charge in [-0.25, -0.2) is 4.79 Å². The molecule has 0 saturated heterocycles.